The highest BCUT2D eigenvalue weighted by atomic mass is 16.4. The average Bonchev–Trinajstić information content (AvgIpc) is 2.30. The summed E-state index contributed by atoms with van der Waals surface area (Å²) in [6.07, 6.45) is 3.27. The zero-order valence-electron chi connectivity index (χ0n) is 8.33. The van der Waals surface area contributed by atoms with E-state index in [-0.39, 0.29) is 5.92 Å². The first-order valence-corrected chi connectivity index (χ1v) is 5.03. The number of hydrogen-bond donors (Lipinski definition) is 1. The van der Waals surface area contributed by atoms with Gasteiger partial charge in [-0.2, -0.15) is 5.10 Å². The van der Waals surface area contributed by atoms with E-state index < -0.39 is 5.97 Å². The molecule has 0 aliphatic carbocycles. The van der Waals surface area contributed by atoms with Gasteiger partial charge in [-0.05, 0) is 25.0 Å². The molecule has 15 heavy (non-hydrogen) atoms. The first kappa shape index (κ1) is 9.89. The van der Waals surface area contributed by atoms with Gasteiger partial charge >= 0.3 is 5.97 Å². The maximum atomic E-state index is 10.9. The smallest absolute Gasteiger partial charge is 0.308 e. The van der Waals surface area contributed by atoms with Crippen molar-refractivity contribution in [3.63, 3.8) is 0 Å². The van der Waals surface area contributed by atoms with Crippen molar-refractivity contribution >= 4 is 11.8 Å². The molecule has 5 heteroatoms. The zero-order chi connectivity index (χ0) is 10.7. The summed E-state index contributed by atoms with van der Waals surface area (Å²) < 4.78 is 0. The molecule has 1 aromatic rings. The topological polar surface area (TPSA) is 66.3 Å². The molecule has 1 unspecified atom stereocenters. The molecule has 80 valence electrons. The first-order chi connectivity index (χ1) is 7.27. The van der Waals surface area contributed by atoms with Gasteiger partial charge in [0.05, 0.1) is 5.92 Å². The van der Waals surface area contributed by atoms with Crippen LogP contribution in [0.2, 0.25) is 0 Å². The molecule has 2 heterocycles. The minimum atomic E-state index is -0.719. The quantitative estimate of drug-likeness (QED) is 0.776. The van der Waals surface area contributed by atoms with Gasteiger partial charge in [-0.25, -0.2) is 0 Å². The molecule has 1 N–H and O–H groups in total. The second-order valence-corrected chi connectivity index (χ2v) is 3.71. The Hall–Kier alpha value is -1.65. The number of carboxylic acid groups (broad SMARTS) is 1. The van der Waals surface area contributed by atoms with E-state index in [9.17, 15) is 4.79 Å². The summed E-state index contributed by atoms with van der Waals surface area (Å²) >= 11 is 0. The highest BCUT2D eigenvalue weighted by Gasteiger charge is 2.25. The van der Waals surface area contributed by atoms with Gasteiger partial charge in [0.1, 0.15) is 0 Å². The van der Waals surface area contributed by atoms with E-state index >= 15 is 0 Å². The summed E-state index contributed by atoms with van der Waals surface area (Å²) in [5, 5.41) is 16.7. The number of nitrogens with zero attached hydrogens (tertiary/aromatic N) is 3. The van der Waals surface area contributed by atoms with Gasteiger partial charge in [-0.1, -0.05) is 0 Å². The maximum absolute atomic E-state index is 10.9. The Morgan fingerprint density at radius 3 is 3.13 bits per heavy atom. The van der Waals surface area contributed by atoms with Crippen LogP contribution >= 0.6 is 0 Å². The summed E-state index contributed by atoms with van der Waals surface area (Å²) in [5.41, 5.74) is 0. The van der Waals surface area contributed by atoms with E-state index in [1.165, 1.54) is 0 Å². The Labute approximate surface area is 87.7 Å². The predicted octanol–water partition coefficient (Wildman–Crippen LogP) is 0.778. The second kappa shape index (κ2) is 4.25. The Morgan fingerprint density at radius 2 is 2.47 bits per heavy atom. The van der Waals surface area contributed by atoms with Gasteiger partial charge in [0, 0.05) is 19.3 Å². The number of aromatic nitrogens is 2. The van der Waals surface area contributed by atoms with E-state index in [0.29, 0.717) is 6.54 Å². The fourth-order valence-electron chi connectivity index (χ4n) is 1.85. The maximum Gasteiger partial charge on any atom is 0.308 e. The highest BCUT2D eigenvalue weighted by Crippen LogP contribution is 2.20. The van der Waals surface area contributed by atoms with Gasteiger partial charge in [0.2, 0.25) is 0 Å². The van der Waals surface area contributed by atoms with Gasteiger partial charge in [-0.15, -0.1) is 5.10 Å². The van der Waals surface area contributed by atoms with Crippen LogP contribution in [0.1, 0.15) is 12.8 Å². The van der Waals surface area contributed by atoms with Gasteiger partial charge in [0.25, 0.3) is 0 Å². The van der Waals surface area contributed by atoms with Crippen molar-refractivity contribution in [1.82, 2.24) is 10.2 Å². The lowest BCUT2D eigenvalue weighted by Gasteiger charge is -2.31. The molecular formula is C10H13N3O2. The summed E-state index contributed by atoms with van der Waals surface area (Å²) in [7, 11) is 0. The standard InChI is InChI=1S/C10H13N3O2/c14-10(15)8-3-2-6-13(7-8)9-4-1-5-11-12-9/h1,4-5,8H,2-3,6-7H2,(H,14,15). The molecule has 1 fully saturated rings. The van der Waals surface area contributed by atoms with Crippen molar-refractivity contribution in [1.29, 1.82) is 0 Å². The number of carbonyl (C=O) groups is 1. The molecule has 0 amide bonds. The monoisotopic (exact) mass is 207 g/mol. The van der Waals surface area contributed by atoms with Crippen LogP contribution in [0.15, 0.2) is 18.3 Å². The van der Waals surface area contributed by atoms with E-state index in [2.05, 4.69) is 10.2 Å². The van der Waals surface area contributed by atoms with Crippen LogP contribution in [0.4, 0.5) is 5.82 Å². The number of rotatable bonds is 2. The van der Waals surface area contributed by atoms with Crippen molar-refractivity contribution in [3.8, 4) is 0 Å². The molecule has 0 spiro atoms. The lowest BCUT2D eigenvalue weighted by Crippen LogP contribution is -2.39. The Bertz CT molecular complexity index is 342. The molecule has 1 aliphatic heterocycles. The van der Waals surface area contributed by atoms with E-state index in [1.54, 1.807) is 6.20 Å². The first-order valence-electron chi connectivity index (χ1n) is 5.03. The predicted molar refractivity (Wildman–Crippen MR) is 54.6 cm³/mol. The lowest BCUT2D eigenvalue weighted by atomic mass is 9.98. The number of carboxylic acids is 1. The molecule has 1 aliphatic rings. The van der Waals surface area contributed by atoms with Gasteiger partial charge in [-0.3, -0.25) is 4.79 Å². The van der Waals surface area contributed by atoms with Crippen LogP contribution in [0.5, 0.6) is 0 Å². The average molecular weight is 207 g/mol. The molecule has 1 saturated heterocycles. The third-order valence-corrected chi connectivity index (χ3v) is 2.65. The minimum absolute atomic E-state index is 0.277. The van der Waals surface area contributed by atoms with Crippen molar-refractivity contribution < 1.29 is 9.90 Å². The lowest BCUT2D eigenvalue weighted by molar-refractivity contribution is -0.141. The van der Waals surface area contributed by atoms with Crippen LogP contribution in [-0.4, -0.2) is 34.4 Å². The highest BCUT2D eigenvalue weighted by molar-refractivity contribution is 5.71. The van der Waals surface area contributed by atoms with Crippen LogP contribution in [0, 0.1) is 5.92 Å². The van der Waals surface area contributed by atoms with Crippen LogP contribution in [0.3, 0.4) is 0 Å². The molecule has 0 saturated carbocycles. The summed E-state index contributed by atoms with van der Waals surface area (Å²) in [6, 6.07) is 3.67. The fraction of sp³-hybridized carbons (Fsp3) is 0.500. The fourth-order valence-corrected chi connectivity index (χ4v) is 1.85. The van der Waals surface area contributed by atoms with Crippen LogP contribution in [0.25, 0.3) is 0 Å². The Balaban J connectivity index is 2.08. The molecular weight excluding hydrogens is 194 g/mol. The number of piperidine rings is 1. The van der Waals surface area contributed by atoms with Crippen molar-refractivity contribution in [3.05, 3.63) is 18.3 Å². The van der Waals surface area contributed by atoms with Crippen molar-refractivity contribution in [2.45, 2.75) is 12.8 Å². The molecule has 1 aromatic heterocycles. The molecule has 0 radical (unpaired) electrons. The number of hydrogen-bond acceptors (Lipinski definition) is 4. The molecule has 2 rings (SSSR count). The third-order valence-electron chi connectivity index (χ3n) is 2.65. The van der Waals surface area contributed by atoms with E-state index in [0.717, 1.165) is 25.2 Å². The third kappa shape index (κ3) is 2.23. The minimum Gasteiger partial charge on any atom is -0.481 e. The van der Waals surface area contributed by atoms with Crippen molar-refractivity contribution in [2.75, 3.05) is 18.0 Å². The van der Waals surface area contributed by atoms with Gasteiger partial charge in [0.15, 0.2) is 5.82 Å². The van der Waals surface area contributed by atoms with Crippen LogP contribution in [-0.2, 0) is 4.79 Å². The number of anilines is 1. The molecule has 5 nitrogen and oxygen atoms in total. The largest absolute Gasteiger partial charge is 0.481 e. The Kier molecular flexibility index (Phi) is 2.80. The van der Waals surface area contributed by atoms with Crippen LogP contribution < -0.4 is 4.90 Å². The van der Waals surface area contributed by atoms with E-state index in [4.69, 9.17) is 5.11 Å². The number of aliphatic carboxylic acids is 1. The summed E-state index contributed by atoms with van der Waals surface area (Å²) in [6.45, 7) is 1.40. The van der Waals surface area contributed by atoms with Crippen molar-refractivity contribution in [2.24, 2.45) is 5.92 Å². The summed E-state index contributed by atoms with van der Waals surface area (Å²) in [4.78, 5) is 12.8. The second-order valence-electron chi connectivity index (χ2n) is 3.71. The van der Waals surface area contributed by atoms with Gasteiger partial charge < -0.3 is 10.0 Å². The van der Waals surface area contributed by atoms with E-state index in [1.807, 2.05) is 17.0 Å². The molecule has 1 atom stereocenters. The normalized spacial score (nSPS) is 21.3. The molecule has 0 bridgehead atoms. The zero-order valence-corrected chi connectivity index (χ0v) is 8.33. The Morgan fingerprint density at radius 1 is 1.60 bits per heavy atom. The SMILES string of the molecule is O=C(O)C1CCCN(c2cccnn2)C1. The summed E-state index contributed by atoms with van der Waals surface area (Å²) in [5.74, 6) is -0.229. The molecule has 0 aromatic carbocycles.